The van der Waals surface area contributed by atoms with Gasteiger partial charge >= 0.3 is 0 Å². The van der Waals surface area contributed by atoms with Gasteiger partial charge in [0.25, 0.3) is 5.91 Å². The van der Waals surface area contributed by atoms with Crippen molar-refractivity contribution in [2.45, 2.75) is 39.2 Å². The smallest absolute Gasteiger partial charge is 0.293 e. The van der Waals surface area contributed by atoms with Gasteiger partial charge in [-0.2, -0.15) is 0 Å². The van der Waals surface area contributed by atoms with Crippen LogP contribution in [0, 0.1) is 11.7 Å². The number of aromatic nitrogens is 3. The lowest BCUT2D eigenvalue weighted by atomic mass is 10.1. The fourth-order valence-electron chi connectivity index (χ4n) is 3.31. The van der Waals surface area contributed by atoms with E-state index in [4.69, 9.17) is 5.73 Å². The fraction of sp³-hybridized carbons (Fsp3) is 0.500. The number of benzene rings is 1. The van der Waals surface area contributed by atoms with Gasteiger partial charge in [-0.05, 0) is 44.0 Å². The normalized spacial score (nSPS) is 19.7. The van der Waals surface area contributed by atoms with Crippen LogP contribution in [0.25, 0.3) is 5.69 Å². The van der Waals surface area contributed by atoms with E-state index in [2.05, 4.69) is 10.1 Å². The number of halogens is 2. The van der Waals surface area contributed by atoms with E-state index in [9.17, 15) is 9.18 Å². The molecule has 0 bridgehead atoms. The molecule has 1 aromatic heterocycles. The Hall–Kier alpha value is -1.99. The van der Waals surface area contributed by atoms with Crippen LogP contribution in [-0.2, 0) is 0 Å². The van der Waals surface area contributed by atoms with Crippen molar-refractivity contribution in [2.24, 2.45) is 11.7 Å². The highest BCUT2D eigenvalue weighted by molar-refractivity contribution is 5.91. The molecular weight excluding hydrogens is 357 g/mol. The Morgan fingerprint density at radius 2 is 2.15 bits per heavy atom. The van der Waals surface area contributed by atoms with Gasteiger partial charge in [-0.15, -0.1) is 17.5 Å². The van der Waals surface area contributed by atoms with Crippen LogP contribution in [0.3, 0.4) is 0 Å². The predicted octanol–water partition coefficient (Wildman–Crippen LogP) is 2.76. The molecule has 26 heavy (non-hydrogen) atoms. The third-order valence-corrected chi connectivity index (χ3v) is 4.65. The number of carbonyl (C=O) groups excluding carboxylic acids is 1. The lowest BCUT2D eigenvalue weighted by molar-refractivity contribution is 0.0731. The van der Waals surface area contributed by atoms with E-state index < -0.39 is 0 Å². The molecule has 2 aromatic rings. The number of carbonyl (C=O) groups is 1. The van der Waals surface area contributed by atoms with Crippen molar-refractivity contribution in [1.29, 1.82) is 0 Å². The molecule has 0 radical (unpaired) electrons. The summed E-state index contributed by atoms with van der Waals surface area (Å²) in [5.41, 5.74) is 6.31. The Morgan fingerprint density at radius 3 is 2.73 bits per heavy atom. The van der Waals surface area contributed by atoms with Crippen LogP contribution in [0.15, 0.2) is 24.3 Å². The third kappa shape index (κ3) is 3.88. The highest BCUT2D eigenvalue weighted by atomic mass is 35.5. The van der Waals surface area contributed by atoms with Crippen molar-refractivity contribution in [3.8, 4) is 5.69 Å². The molecule has 2 N–H and O–H groups in total. The van der Waals surface area contributed by atoms with Gasteiger partial charge in [-0.25, -0.2) is 14.1 Å². The van der Waals surface area contributed by atoms with Crippen molar-refractivity contribution in [3.05, 3.63) is 41.7 Å². The van der Waals surface area contributed by atoms with Crippen molar-refractivity contribution in [1.82, 2.24) is 19.7 Å². The van der Waals surface area contributed by atoms with Crippen LogP contribution in [0.1, 0.15) is 49.6 Å². The summed E-state index contributed by atoms with van der Waals surface area (Å²) in [6, 6.07) is 6.25. The second-order valence-corrected chi connectivity index (χ2v) is 6.98. The number of likely N-dealkylation sites (tertiary alicyclic amines) is 1. The Labute approximate surface area is 159 Å². The Balaban J connectivity index is 0.00000243. The van der Waals surface area contributed by atoms with E-state index in [1.807, 2.05) is 20.8 Å². The molecule has 8 heteroatoms. The van der Waals surface area contributed by atoms with E-state index >= 15 is 0 Å². The first-order valence-electron chi connectivity index (χ1n) is 8.64. The summed E-state index contributed by atoms with van der Waals surface area (Å²) in [6.45, 7) is 7.15. The average molecular weight is 382 g/mol. The van der Waals surface area contributed by atoms with Gasteiger partial charge in [0.1, 0.15) is 11.6 Å². The molecular formula is C18H25ClFN5O. The molecule has 1 aromatic carbocycles. The molecule has 142 valence electrons. The Kier molecular flexibility index (Phi) is 6.36. The van der Waals surface area contributed by atoms with Gasteiger partial charge in [0.05, 0.1) is 5.69 Å². The first-order chi connectivity index (χ1) is 11.9. The van der Waals surface area contributed by atoms with Crippen molar-refractivity contribution in [3.63, 3.8) is 0 Å². The van der Waals surface area contributed by atoms with E-state index in [-0.39, 0.29) is 41.9 Å². The van der Waals surface area contributed by atoms with Gasteiger partial charge in [-0.1, -0.05) is 19.9 Å². The maximum atomic E-state index is 13.6. The van der Waals surface area contributed by atoms with Gasteiger partial charge in [0.2, 0.25) is 5.82 Å². The first kappa shape index (κ1) is 20.3. The average Bonchev–Trinajstić information content (AvgIpc) is 3.18. The molecule has 0 saturated carbocycles. The van der Waals surface area contributed by atoms with Gasteiger partial charge in [0, 0.05) is 18.5 Å². The quantitative estimate of drug-likeness (QED) is 0.883. The molecule has 1 amide bonds. The molecule has 6 nitrogen and oxygen atoms in total. The van der Waals surface area contributed by atoms with Crippen LogP contribution >= 0.6 is 12.4 Å². The van der Waals surface area contributed by atoms with Crippen LogP contribution in [0.5, 0.6) is 0 Å². The van der Waals surface area contributed by atoms with Crippen LogP contribution in [0.4, 0.5) is 4.39 Å². The van der Waals surface area contributed by atoms with E-state index in [1.54, 1.807) is 21.7 Å². The topological polar surface area (TPSA) is 77.0 Å². The second-order valence-electron chi connectivity index (χ2n) is 6.98. The summed E-state index contributed by atoms with van der Waals surface area (Å²) in [5.74, 6) is 0.600. The zero-order chi connectivity index (χ0) is 18.1. The van der Waals surface area contributed by atoms with E-state index in [0.29, 0.717) is 30.5 Å². The first-order valence-corrected chi connectivity index (χ1v) is 8.64. The molecule has 0 spiro atoms. The van der Waals surface area contributed by atoms with Crippen molar-refractivity contribution >= 4 is 18.3 Å². The number of amides is 1. The molecule has 1 saturated heterocycles. The van der Waals surface area contributed by atoms with Crippen molar-refractivity contribution < 1.29 is 9.18 Å². The largest absolute Gasteiger partial charge is 0.333 e. The SMILES string of the molecule is CC(C)c1nc(C(=O)N2CC(CN)CC2C)nn1-c1cccc(F)c1.Cl. The minimum Gasteiger partial charge on any atom is -0.333 e. The van der Waals surface area contributed by atoms with Gasteiger partial charge < -0.3 is 10.6 Å². The number of hydrogen-bond acceptors (Lipinski definition) is 4. The van der Waals surface area contributed by atoms with Gasteiger partial charge in [-0.3, -0.25) is 4.79 Å². The highest BCUT2D eigenvalue weighted by Gasteiger charge is 2.34. The minimum absolute atomic E-state index is 0. The summed E-state index contributed by atoms with van der Waals surface area (Å²) in [5, 5.41) is 4.39. The maximum Gasteiger partial charge on any atom is 0.293 e. The predicted molar refractivity (Wildman–Crippen MR) is 100 cm³/mol. The maximum absolute atomic E-state index is 13.6. The summed E-state index contributed by atoms with van der Waals surface area (Å²) in [7, 11) is 0. The van der Waals surface area contributed by atoms with Crippen molar-refractivity contribution in [2.75, 3.05) is 13.1 Å². The molecule has 3 rings (SSSR count). The zero-order valence-electron chi connectivity index (χ0n) is 15.2. The number of hydrogen-bond donors (Lipinski definition) is 1. The lowest BCUT2D eigenvalue weighted by Gasteiger charge is -2.19. The molecule has 0 aliphatic carbocycles. The number of nitrogens with two attached hydrogens (primary N) is 1. The summed E-state index contributed by atoms with van der Waals surface area (Å²) in [4.78, 5) is 19.1. The number of nitrogens with zero attached hydrogens (tertiary/aromatic N) is 4. The summed E-state index contributed by atoms with van der Waals surface area (Å²) >= 11 is 0. The monoisotopic (exact) mass is 381 g/mol. The fourth-order valence-corrected chi connectivity index (χ4v) is 3.31. The molecule has 1 fully saturated rings. The summed E-state index contributed by atoms with van der Waals surface area (Å²) in [6.07, 6.45) is 0.893. The molecule has 2 heterocycles. The molecule has 2 unspecified atom stereocenters. The molecule has 1 aliphatic heterocycles. The third-order valence-electron chi connectivity index (χ3n) is 4.65. The Morgan fingerprint density at radius 1 is 1.42 bits per heavy atom. The van der Waals surface area contributed by atoms with E-state index in [1.165, 1.54) is 12.1 Å². The van der Waals surface area contributed by atoms with Crippen LogP contribution in [-0.4, -0.2) is 44.7 Å². The standard InChI is InChI=1S/C18H24FN5O.ClH/c1-11(2)17-21-16(18(25)23-10-13(9-20)7-12(23)3)22-24(17)15-6-4-5-14(19)8-15;/h4-6,8,11-13H,7,9-10,20H2,1-3H3;1H. The molecule has 1 aliphatic rings. The van der Waals surface area contributed by atoms with Crippen LogP contribution < -0.4 is 5.73 Å². The zero-order valence-corrected chi connectivity index (χ0v) is 16.0. The number of rotatable bonds is 4. The second kappa shape index (κ2) is 8.14. The summed E-state index contributed by atoms with van der Waals surface area (Å²) < 4.78 is 15.1. The highest BCUT2D eigenvalue weighted by Crippen LogP contribution is 2.25. The lowest BCUT2D eigenvalue weighted by Crippen LogP contribution is -2.35. The Bertz CT molecular complexity index is 779. The van der Waals surface area contributed by atoms with Gasteiger partial charge in [0.15, 0.2) is 0 Å². The van der Waals surface area contributed by atoms with E-state index in [0.717, 1.165) is 6.42 Å². The minimum atomic E-state index is -0.352. The molecule has 2 atom stereocenters. The van der Waals surface area contributed by atoms with Crippen LogP contribution in [0.2, 0.25) is 0 Å².